The van der Waals surface area contributed by atoms with Gasteiger partial charge in [0, 0.05) is 0 Å². The molecule has 2 aromatic carbocycles. The highest BCUT2D eigenvalue weighted by Crippen LogP contribution is 2.40. The summed E-state index contributed by atoms with van der Waals surface area (Å²) in [7, 11) is 0. The third-order valence-electron chi connectivity index (χ3n) is 4.49. The number of fused-ring (bicyclic) bond motifs is 1. The van der Waals surface area contributed by atoms with Gasteiger partial charge in [0.15, 0.2) is 5.58 Å². The van der Waals surface area contributed by atoms with E-state index in [1.54, 1.807) is 0 Å². The molecule has 3 nitrogen and oxygen atoms in total. The third kappa shape index (κ3) is 2.05. The molecule has 4 rings (SSSR count). The Hall–Kier alpha value is -2.13. The smallest absolute Gasteiger partial charge is 0.206 e. The predicted octanol–water partition coefficient (Wildman–Crippen LogP) is 3.50. The second-order valence-corrected chi connectivity index (χ2v) is 5.68. The summed E-state index contributed by atoms with van der Waals surface area (Å²) in [6.07, 6.45) is 2.04. The summed E-state index contributed by atoms with van der Waals surface area (Å²) in [6.45, 7) is 1.99. The van der Waals surface area contributed by atoms with Crippen LogP contribution in [0.4, 0.5) is 0 Å². The van der Waals surface area contributed by atoms with Gasteiger partial charge in [-0.3, -0.25) is 0 Å². The molecule has 106 valence electrons. The standard InChI is InChI=1S/C18H18N2O/c1-2-6-14(7-3-1)18(10-12-19-13-11-18)17-20-15-8-4-5-9-16(15)21-17/h1-9,19H,10-13H2. The Kier molecular flexibility index (Phi) is 3.00. The molecule has 2 heterocycles. The van der Waals surface area contributed by atoms with Gasteiger partial charge < -0.3 is 9.73 Å². The summed E-state index contributed by atoms with van der Waals surface area (Å²) in [5.41, 5.74) is 3.02. The largest absolute Gasteiger partial charge is 0.440 e. The summed E-state index contributed by atoms with van der Waals surface area (Å²) in [5, 5.41) is 3.44. The molecule has 0 atom stereocenters. The van der Waals surface area contributed by atoms with E-state index in [2.05, 4.69) is 35.6 Å². The van der Waals surface area contributed by atoms with Crippen molar-refractivity contribution in [3.63, 3.8) is 0 Å². The molecule has 1 fully saturated rings. The number of piperidine rings is 1. The van der Waals surface area contributed by atoms with Crippen LogP contribution in [0.25, 0.3) is 11.1 Å². The summed E-state index contributed by atoms with van der Waals surface area (Å²) in [6, 6.07) is 18.7. The number of hydrogen-bond acceptors (Lipinski definition) is 3. The van der Waals surface area contributed by atoms with Crippen molar-refractivity contribution in [2.24, 2.45) is 0 Å². The zero-order valence-electron chi connectivity index (χ0n) is 11.9. The molecule has 3 aromatic rings. The van der Waals surface area contributed by atoms with Crippen LogP contribution in [0, 0.1) is 0 Å². The van der Waals surface area contributed by atoms with Crippen molar-refractivity contribution >= 4 is 11.1 Å². The molecule has 0 unspecified atom stereocenters. The first-order valence-corrected chi connectivity index (χ1v) is 7.51. The van der Waals surface area contributed by atoms with Gasteiger partial charge in [-0.15, -0.1) is 0 Å². The SMILES string of the molecule is c1ccc(C2(c3nc4ccccc4o3)CCNCC2)cc1. The van der Waals surface area contributed by atoms with E-state index in [4.69, 9.17) is 9.40 Å². The number of para-hydroxylation sites is 2. The molecule has 1 saturated heterocycles. The summed E-state index contributed by atoms with van der Waals surface area (Å²) in [5.74, 6) is 0.858. The summed E-state index contributed by atoms with van der Waals surface area (Å²) in [4.78, 5) is 4.79. The van der Waals surface area contributed by atoms with Crippen LogP contribution in [-0.2, 0) is 5.41 Å². The first-order chi connectivity index (χ1) is 10.4. The van der Waals surface area contributed by atoms with Gasteiger partial charge in [-0.25, -0.2) is 4.98 Å². The zero-order chi connectivity index (χ0) is 14.1. The Morgan fingerprint density at radius 1 is 0.905 bits per heavy atom. The number of hydrogen-bond donors (Lipinski definition) is 1. The monoisotopic (exact) mass is 278 g/mol. The Morgan fingerprint density at radius 3 is 2.38 bits per heavy atom. The second kappa shape index (κ2) is 5.01. The van der Waals surface area contributed by atoms with Crippen molar-refractivity contribution in [2.75, 3.05) is 13.1 Å². The van der Waals surface area contributed by atoms with Crippen molar-refractivity contribution in [2.45, 2.75) is 18.3 Å². The summed E-state index contributed by atoms with van der Waals surface area (Å²) >= 11 is 0. The highest BCUT2D eigenvalue weighted by Gasteiger charge is 2.40. The van der Waals surface area contributed by atoms with Gasteiger partial charge in [-0.05, 0) is 43.6 Å². The van der Waals surface area contributed by atoms with Crippen LogP contribution in [0.1, 0.15) is 24.3 Å². The van der Waals surface area contributed by atoms with Crippen LogP contribution in [-0.4, -0.2) is 18.1 Å². The van der Waals surface area contributed by atoms with Gasteiger partial charge in [0.2, 0.25) is 5.89 Å². The number of rotatable bonds is 2. The Morgan fingerprint density at radius 2 is 1.62 bits per heavy atom. The second-order valence-electron chi connectivity index (χ2n) is 5.68. The molecular formula is C18H18N2O. The molecule has 21 heavy (non-hydrogen) atoms. The van der Waals surface area contributed by atoms with Crippen LogP contribution in [0.5, 0.6) is 0 Å². The normalized spacial score (nSPS) is 17.9. The maximum absolute atomic E-state index is 6.13. The van der Waals surface area contributed by atoms with E-state index in [9.17, 15) is 0 Å². The minimum atomic E-state index is -0.106. The number of oxazole rings is 1. The van der Waals surface area contributed by atoms with Gasteiger partial charge in [0.05, 0.1) is 5.41 Å². The van der Waals surface area contributed by atoms with Crippen LogP contribution >= 0.6 is 0 Å². The average Bonchev–Trinajstić information content (AvgIpc) is 3.01. The fourth-order valence-electron chi connectivity index (χ4n) is 3.31. The van der Waals surface area contributed by atoms with Crippen LogP contribution in [0.2, 0.25) is 0 Å². The molecule has 0 saturated carbocycles. The molecular weight excluding hydrogens is 260 g/mol. The number of aromatic nitrogens is 1. The lowest BCUT2D eigenvalue weighted by Gasteiger charge is -2.35. The maximum atomic E-state index is 6.13. The van der Waals surface area contributed by atoms with E-state index in [1.165, 1.54) is 5.56 Å². The first-order valence-electron chi connectivity index (χ1n) is 7.51. The molecule has 0 spiro atoms. The topological polar surface area (TPSA) is 38.1 Å². The molecule has 1 aromatic heterocycles. The molecule has 0 radical (unpaired) electrons. The molecule has 0 bridgehead atoms. The van der Waals surface area contributed by atoms with Crippen LogP contribution in [0.3, 0.4) is 0 Å². The van der Waals surface area contributed by atoms with E-state index >= 15 is 0 Å². The molecule has 1 N–H and O–H groups in total. The first kappa shape index (κ1) is 12.6. The van der Waals surface area contributed by atoms with E-state index in [0.717, 1.165) is 42.9 Å². The van der Waals surface area contributed by atoms with Gasteiger partial charge in [-0.2, -0.15) is 0 Å². The van der Waals surface area contributed by atoms with Crippen molar-refractivity contribution in [1.82, 2.24) is 10.3 Å². The molecule has 0 aliphatic carbocycles. The zero-order valence-corrected chi connectivity index (χ0v) is 11.9. The van der Waals surface area contributed by atoms with Crippen molar-refractivity contribution in [3.05, 3.63) is 66.1 Å². The Labute approximate surface area is 124 Å². The van der Waals surface area contributed by atoms with Crippen LogP contribution < -0.4 is 5.32 Å². The fraction of sp³-hybridized carbons (Fsp3) is 0.278. The highest BCUT2D eigenvalue weighted by atomic mass is 16.3. The van der Waals surface area contributed by atoms with E-state index in [-0.39, 0.29) is 5.41 Å². The predicted molar refractivity (Wildman–Crippen MR) is 83.3 cm³/mol. The van der Waals surface area contributed by atoms with Crippen LogP contribution in [0.15, 0.2) is 59.0 Å². The lowest BCUT2D eigenvalue weighted by Crippen LogP contribution is -2.41. The lowest BCUT2D eigenvalue weighted by atomic mass is 9.73. The number of nitrogens with one attached hydrogen (secondary N) is 1. The highest BCUT2D eigenvalue weighted by molar-refractivity contribution is 5.72. The fourth-order valence-corrected chi connectivity index (χ4v) is 3.31. The minimum absolute atomic E-state index is 0.106. The van der Waals surface area contributed by atoms with E-state index in [1.807, 2.05) is 24.3 Å². The van der Waals surface area contributed by atoms with Gasteiger partial charge in [0.1, 0.15) is 5.52 Å². The molecule has 0 amide bonds. The summed E-state index contributed by atoms with van der Waals surface area (Å²) < 4.78 is 6.13. The molecule has 1 aliphatic rings. The van der Waals surface area contributed by atoms with Crippen molar-refractivity contribution < 1.29 is 4.42 Å². The van der Waals surface area contributed by atoms with Crippen molar-refractivity contribution in [3.8, 4) is 0 Å². The van der Waals surface area contributed by atoms with E-state index in [0.29, 0.717) is 0 Å². The third-order valence-corrected chi connectivity index (χ3v) is 4.49. The van der Waals surface area contributed by atoms with Gasteiger partial charge in [0.25, 0.3) is 0 Å². The average molecular weight is 278 g/mol. The lowest BCUT2D eigenvalue weighted by molar-refractivity contribution is 0.298. The van der Waals surface area contributed by atoms with Crippen molar-refractivity contribution in [1.29, 1.82) is 0 Å². The van der Waals surface area contributed by atoms with E-state index < -0.39 is 0 Å². The number of benzene rings is 2. The Bertz CT molecular complexity index is 709. The number of nitrogens with zero attached hydrogens (tertiary/aromatic N) is 1. The maximum Gasteiger partial charge on any atom is 0.206 e. The Balaban J connectivity index is 1.89. The quantitative estimate of drug-likeness (QED) is 0.779. The minimum Gasteiger partial charge on any atom is -0.440 e. The van der Waals surface area contributed by atoms with Gasteiger partial charge >= 0.3 is 0 Å². The van der Waals surface area contributed by atoms with Gasteiger partial charge in [-0.1, -0.05) is 42.5 Å². The molecule has 1 aliphatic heterocycles. The molecule has 3 heteroatoms.